The minimum Gasteiger partial charge on any atom is -0.480 e. The molecule has 1 aromatic heterocycles. The molecule has 0 fully saturated rings. The molecule has 16 heavy (non-hydrogen) atoms. The van der Waals surface area contributed by atoms with E-state index in [1.807, 2.05) is 0 Å². The molecule has 1 aliphatic heterocycles. The summed E-state index contributed by atoms with van der Waals surface area (Å²) in [5.41, 5.74) is 0. The summed E-state index contributed by atoms with van der Waals surface area (Å²) in [6, 6.07) is -0.549. The van der Waals surface area contributed by atoms with Crippen molar-refractivity contribution >= 4 is 5.97 Å². The highest BCUT2D eigenvalue weighted by Gasteiger charge is 2.28. The van der Waals surface area contributed by atoms with E-state index in [9.17, 15) is 4.79 Å². The van der Waals surface area contributed by atoms with Crippen molar-refractivity contribution in [3.05, 3.63) is 11.6 Å². The smallest absolute Gasteiger partial charge is 0.328 e. The number of aryl methyl sites for hydroxylation is 1. The molecular formula is C10H15N3O3. The van der Waals surface area contributed by atoms with Crippen molar-refractivity contribution in [2.75, 3.05) is 13.7 Å². The van der Waals surface area contributed by atoms with E-state index in [0.29, 0.717) is 25.3 Å². The van der Waals surface area contributed by atoms with Gasteiger partial charge in [-0.05, 0) is 12.8 Å². The summed E-state index contributed by atoms with van der Waals surface area (Å²) in [6.45, 7) is 0.557. The summed E-state index contributed by atoms with van der Waals surface area (Å²) in [5, 5.41) is 13.3. The van der Waals surface area contributed by atoms with Crippen molar-refractivity contribution < 1.29 is 14.6 Å². The Hall–Kier alpha value is -1.43. The first kappa shape index (κ1) is 11.1. The Morgan fingerprint density at radius 1 is 1.69 bits per heavy atom. The Labute approximate surface area is 93.2 Å². The van der Waals surface area contributed by atoms with Crippen LogP contribution in [0.5, 0.6) is 0 Å². The molecule has 1 atom stereocenters. The van der Waals surface area contributed by atoms with E-state index in [4.69, 9.17) is 9.84 Å². The highest BCUT2D eigenvalue weighted by atomic mass is 16.5. The Morgan fingerprint density at radius 3 is 3.19 bits per heavy atom. The molecule has 0 saturated heterocycles. The molecule has 0 amide bonds. The summed E-state index contributed by atoms with van der Waals surface area (Å²) in [7, 11) is 1.62. The Kier molecular flexibility index (Phi) is 3.19. The third-order valence-corrected chi connectivity index (χ3v) is 2.73. The molecule has 1 N–H and O–H groups in total. The van der Waals surface area contributed by atoms with Crippen molar-refractivity contribution in [3.63, 3.8) is 0 Å². The SMILES string of the molecule is COCCc1nc2n(n1)C(C(=O)O)CCC2. The lowest BCUT2D eigenvalue weighted by molar-refractivity contribution is -0.141. The summed E-state index contributed by atoms with van der Waals surface area (Å²) in [4.78, 5) is 15.4. The van der Waals surface area contributed by atoms with Crippen molar-refractivity contribution in [2.24, 2.45) is 0 Å². The van der Waals surface area contributed by atoms with Gasteiger partial charge in [0.05, 0.1) is 6.61 Å². The second-order valence-electron chi connectivity index (χ2n) is 3.88. The van der Waals surface area contributed by atoms with Gasteiger partial charge in [-0.2, -0.15) is 5.10 Å². The number of carboxylic acid groups (broad SMARTS) is 1. The zero-order valence-electron chi connectivity index (χ0n) is 9.22. The highest BCUT2D eigenvalue weighted by Crippen LogP contribution is 2.23. The summed E-state index contributed by atoms with van der Waals surface area (Å²) >= 11 is 0. The van der Waals surface area contributed by atoms with E-state index in [1.165, 1.54) is 0 Å². The topological polar surface area (TPSA) is 77.2 Å². The van der Waals surface area contributed by atoms with Gasteiger partial charge in [-0.1, -0.05) is 0 Å². The molecule has 0 bridgehead atoms. The zero-order valence-corrected chi connectivity index (χ0v) is 9.22. The van der Waals surface area contributed by atoms with Crippen LogP contribution in [0, 0.1) is 0 Å². The molecule has 0 radical (unpaired) electrons. The van der Waals surface area contributed by atoms with E-state index < -0.39 is 12.0 Å². The van der Waals surface area contributed by atoms with Crippen molar-refractivity contribution in [1.29, 1.82) is 0 Å². The molecular weight excluding hydrogens is 210 g/mol. The van der Waals surface area contributed by atoms with Crippen LogP contribution in [0.25, 0.3) is 0 Å². The molecule has 1 aromatic rings. The van der Waals surface area contributed by atoms with E-state index in [-0.39, 0.29) is 0 Å². The Morgan fingerprint density at radius 2 is 2.50 bits per heavy atom. The van der Waals surface area contributed by atoms with Gasteiger partial charge in [-0.25, -0.2) is 14.5 Å². The lowest BCUT2D eigenvalue weighted by Crippen LogP contribution is -2.26. The number of hydrogen-bond donors (Lipinski definition) is 1. The number of aliphatic carboxylic acids is 1. The zero-order chi connectivity index (χ0) is 11.5. The van der Waals surface area contributed by atoms with E-state index in [1.54, 1.807) is 11.8 Å². The molecule has 1 unspecified atom stereocenters. The largest absolute Gasteiger partial charge is 0.480 e. The first-order valence-electron chi connectivity index (χ1n) is 5.38. The maximum atomic E-state index is 11.0. The number of fused-ring (bicyclic) bond motifs is 1. The lowest BCUT2D eigenvalue weighted by Gasteiger charge is -2.19. The number of carboxylic acids is 1. The fourth-order valence-electron chi connectivity index (χ4n) is 1.93. The van der Waals surface area contributed by atoms with Crippen LogP contribution >= 0.6 is 0 Å². The van der Waals surface area contributed by atoms with Gasteiger partial charge in [-0.3, -0.25) is 0 Å². The normalized spacial score (nSPS) is 19.4. The number of ether oxygens (including phenoxy) is 1. The van der Waals surface area contributed by atoms with Gasteiger partial charge < -0.3 is 9.84 Å². The molecule has 0 saturated carbocycles. The van der Waals surface area contributed by atoms with Gasteiger partial charge in [0.2, 0.25) is 0 Å². The van der Waals surface area contributed by atoms with Gasteiger partial charge >= 0.3 is 5.97 Å². The second-order valence-corrected chi connectivity index (χ2v) is 3.88. The summed E-state index contributed by atoms with van der Waals surface area (Å²) < 4.78 is 6.50. The van der Waals surface area contributed by atoms with Crippen LogP contribution in [0.1, 0.15) is 30.5 Å². The summed E-state index contributed by atoms with van der Waals surface area (Å²) in [5.74, 6) is 0.624. The van der Waals surface area contributed by atoms with Crippen molar-refractivity contribution in [2.45, 2.75) is 31.7 Å². The van der Waals surface area contributed by atoms with Crippen LogP contribution in [0.15, 0.2) is 0 Å². The minimum absolute atomic E-state index is 0.549. The van der Waals surface area contributed by atoms with Crippen LogP contribution < -0.4 is 0 Å². The van der Waals surface area contributed by atoms with Crippen LogP contribution in [-0.4, -0.2) is 39.6 Å². The molecule has 2 heterocycles. The molecule has 88 valence electrons. The van der Waals surface area contributed by atoms with Gasteiger partial charge in [-0.15, -0.1) is 0 Å². The molecule has 0 aromatic carbocycles. The molecule has 2 rings (SSSR count). The van der Waals surface area contributed by atoms with Crippen LogP contribution in [0.4, 0.5) is 0 Å². The summed E-state index contributed by atoms with van der Waals surface area (Å²) in [6.07, 6.45) is 2.93. The van der Waals surface area contributed by atoms with E-state index in [2.05, 4.69) is 10.1 Å². The van der Waals surface area contributed by atoms with E-state index >= 15 is 0 Å². The first-order chi connectivity index (χ1) is 7.72. The fourth-order valence-corrected chi connectivity index (χ4v) is 1.93. The van der Waals surface area contributed by atoms with Crippen molar-refractivity contribution in [1.82, 2.24) is 14.8 Å². The lowest BCUT2D eigenvalue weighted by atomic mass is 10.1. The van der Waals surface area contributed by atoms with Gasteiger partial charge in [0.15, 0.2) is 11.9 Å². The Bertz CT molecular complexity index is 389. The molecule has 6 heteroatoms. The predicted molar refractivity (Wildman–Crippen MR) is 55.2 cm³/mol. The van der Waals surface area contributed by atoms with Gasteiger partial charge in [0.25, 0.3) is 0 Å². The number of rotatable bonds is 4. The quantitative estimate of drug-likeness (QED) is 0.804. The molecule has 1 aliphatic rings. The third kappa shape index (κ3) is 2.06. The highest BCUT2D eigenvalue weighted by molar-refractivity contribution is 5.71. The number of aromatic nitrogens is 3. The van der Waals surface area contributed by atoms with Gasteiger partial charge in [0, 0.05) is 20.0 Å². The number of carbonyl (C=O) groups is 1. The average molecular weight is 225 g/mol. The number of hydrogen-bond acceptors (Lipinski definition) is 4. The fraction of sp³-hybridized carbons (Fsp3) is 0.700. The molecule has 0 aliphatic carbocycles. The monoisotopic (exact) mass is 225 g/mol. The number of methoxy groups -OCH3 is 1. The Balaban J connectivity index is 2.20. The minimum atomic E-state index is -0.829. The maximum absolute atomic E-state index is 11.0. The standard InChI is InChI=1S/C10H15N3O3/c1-16-6-5-8-11-9-4-2-3-7(10(14)15)13(9)12-8/h7H,2-6H2,1H3,(H,14,15). The average Bonchev–Trinajstić information content (AvgIpc) is 2.68. The van der Waals surface area contributed by atoms with Crippen LogP contribution in [0.2, 0.25) is 0 Å². The second kappa shape index (κ2) is 4.61. The number of nitrogens with zero attached hydrogens (tertiary/aromatic N) is 3. The van der Waals surface area contributed by atoms with Crippen LogP contribution in [-0.2, 0) is 22.4 Å². The first-order valence-corrected chi connectivity index (χ1v) is 5.38. The van der Waals surface area contributed by atoms with Crippen LogP contribution in [0.3, 0.4) is 0 Å². The van der Waals surface area contributed by atoms with E-state index in [0.717, 1.165) is 18.7 Å². The predicted octanol–water partition coefficient (Wildman–Crippen LogP) is 0.429. The maximum Gasteiger partial charge on any atom is 0.328 e. The van der Waals surface area contributed by atoms with Gasteiger partial charge in [0.1, 0.15) is 5.82 Å². The third-order valence-electron chi connectivity index (χ3n) is 2.73. The van der Waals surface area contributed by atoms with Crippen molar-refractivity contribution in [3.8, 4) is 0 Å². The molecule has 0 spiro atoms. The molecule has 6 nitrogen and oxygen atoms in total.